The Morgan fingerprint density at radius 2 is 1.47 bits per heavy atom. The first-order chi connectivity index (χ1) is 16.7. The summed E-state index contributed by atoms with van der Waals surface area (Å²) in [7, 11) is 0. The molecule has 0 saturated heterocycles. The van der Waals surface area contributed by atoms with Gasteiger partial charge in [-0.3, -0.25) is 0 Å². The highest BCUT2D eigenvalue weighted by Gasteiger charge is 2.32. The second-order valence-corrected chi connectivity index (χ2v) is 8.96. The van der Waals surface area contributed by atoms with E-state index in [1.807, 2.05) is 0 Å². The molecule has 2 nitrogen and oxygen atoms in total. The summed E-state index contributed by atoms with van der Waals surface area (Å²) in [5.41, 5.74) is 0.821. The Morgan fingerprint density at radius 1 is 0.861 bits per heavy atom. The molecule has 0 heterocycles. The van der Waals surface area contributed by atoms with Gasteiger partial charge in [-0.05, 0) is 73.4 Å². The summed E-state index contributed by atoms with van der Waals surface area (Å²) in [6.45, 7) is 2.14. The molecule has 0 unspecified atom stereocenters. The number of hydrogen-bond acceptors (Lipinski definition) is 2. The van der Waals surface area contributed by atoms with Gasteiger partial charge in [0, 0.05) is 11.1 Å². The molecule has 194 valence electrons. The highest BCUT2D eigenvalue weighted by molar-refractivity contribution is 5.72. The Bertz CT molecular complexity index is 1120. The fraction of sp³-hybridized carbons (Fsp3) is 0.379. The largest absolute Gasteiger partial charge is 0.573 e. The van der Waals surface area contributed by atoms with Gasteiger partial charge in [-0.15, -0.1) is 13.2 Å². The SMILES string of the molecule is C.CCC[C@H]1CC[C@H](c2c(F)cc(-c3ccccc3)c(Oc3ccc(OC(F)(F)F)cc3)c2F)CC1. The van der Waals surface area contributed by atoms with Crippen LogP contribution in [0.4, 0.5) is 22.0 Å². The molecule has 0 spiro atoms. The van der Waals surface area contributed by atoms with Gasteiger partial charge in [-0.2, -0.15) is 0 Å². The van der Waals surface area contributed by atoms with Crippen molar-refractivity contribution < 1.29 is 31.4 Å². The molecule has 4 rings (SSSR count). The van der Waals surface area contributed by atoms with Crippen LogP contribution >= 0.6 is 0 Å². The van der Waals surface area contributed by atoms with Crippen molar-refractivity contribution in [2.45, 2.75) is 65.2 Å². The number of benzene rings is 3. The summed E-state index contributed by atoms with van der Waals surface area (Å²) in [4.78, 5) is 0. The third-order valence-electron chi connectivity index (χ3n) is 6.52. The van der Waals surface area contributed by atoms with E-state index in [0.29, 0.717) is 24.3 Å². The van der Waals surface area contributed by atoms with E-state index in [-0.39, 0.29) is 36.0 Å². The first kappa shape index (κ1) is 27.5. The molecule has 0 aromatic heterocycles. The summed E-state index contributed by atoms with van der Waals surface area (Å²) >= 11 is 0. The van der Waals surface area contributed by atoms with Crippen molar-refractivity contribution in [3.05, 3.63) is 77.9 Å². The van der Waals surface area contributed by atoms with Gasteiger partial charge in [-0.1, -0.05) is 57.5 Å². The average Bonchev–Trinajstić information content (AvgIpc) is 2.83. The van der Waals surface area contributed by atoms with Crippen LogP contribution in [0.3, 0.4) is 0 Å². The van der Waals surface area contributed by atoms with Crippen molar-refractivity contribution in [3.63, 3.8) is 0 Å². The summed E-state index contributed by atoms with van der Waals surface area (Å²) in [5.74, 6) is -1.50. The van der Waals surface area contributed by atoms with Crippen LogP contribution in [-0.2, 0) is 0 Å². The molecule has 7 heteroatoms. The number of hydrogen-bond donors (Lipinski definition) is 0. The van der Waals surface area contributed by atoms with Crippen LogP contribution in [0.15, 0.2) is 60.7 Å². The van der Waals surface area contributed by atoms with Crippen molar-refractivity contribution >= 4 is 0 Å². The normalized spacial score (nSPS) is 17.8. The van der Waals surface area contributed by atoms with Gasteiger partial charge in [0.15, 0.2) is 11.6 Å². The van der Waals surface area contributed by atoms with E-state index < -0.39 is 23.7 Å². The monoisotopic (exact) mass is 506 g/mol. The van der Waals surface area contributed by atoms with E-state index >= 15 is 8.78 Å². The number of halogens is 5. The van der Waals surface area contributed by atoms with Crippen LogP contribution in [-0.4, -0.2) is 6.36 Å². The first-order valence-corrected chi connectivity index (χ1v) is 11.9. The lowest BCUT2D eigenvalue weighted by molar-refractivity contribution is -0.274. The van der Waals surface area contributed by atoms with Gasteiger partial charge in [0.2, 0.25) is 0 Å². The maximum Gasteiger partial charge on any atom is 0.573 e. The van der Waals surface area contributed by atoms with Gasteiger partial charge >= 0.3 is 6.36 Å². The number of alkyl halides is 3. The zero-order chi connectivity index (χ0) is 25.0. The molecule has 1 aliphatic carbocycles. The Kier molecular flexibility index (Phi) is 8.98. The molecule has 0 bridgehead atoms. The second-order valence-electron chi connectivity index (χ2n) is 8.96. The van der Waals surface area contributed by atoms with Crippen LogP contribution in [0.5, 0.6) is 17.2 Å². The quantitative estimate of drug-likeness (QED) is 0.297. The Hall–Kier alpha value is -3.09. The summed E-state index contributed by atoms with van der Waals surface area (Å²) in [6, 6.07) is 14.7. The molecule has 0 radical (unpaired) electrons. The van der Waals surface area contributed by atoms with Gasteiger partial charge in [0.05, 0.1) is 0 Å². The topological polar surface area (TPSA) is 18.5 Å². The molecule has 36 heavy (non-hydrogen) atoms. The molecule has 0 atom stereocenters. The van der Waals surface area contributed by atoms with Crippen molar-refractivity contribution in [2.75, 3.05) is 0 Å². The minimum absolute atomic E-state index is 0. The van der Waals surface area contributed by atoms with Crippen molar-refractivity contribution in [2.24, 2.45) is 5.92 Å². The second kappa shape index (κ2) is 11.8. The van der Waals surface area contributed by atoms with E-state index in [1.165, 1.54) is 18.2 Å². The zero-order valence-corrected chi connectivity index (χ0v) is 19.4. The predicted octanol–water partition coefficient (Wildman–Crippen LogP) is 10.0. The van der Waals surface area contributed by atoms with Crippen LogP contribution in [0.25, 0.3) is 11.1 Å². The smallest absolute Gasteiger partial charge is 0.454 e. The average molecular weight is 507 g/mol. The number of rotatable bonds is 7. The van der Waals surface area contributed by atoms with Crippen molar-refractivity contribution in [1.82, 2.24) is 0 Å². The van der Waals surface area contributed by atoms with Crippen LogP contribution < -0.4 is 9.47 Å². The summed E-state index contributed by atoms with van der Waals surface area (Å²) in [5, 5.41) is 0. The molecule has 0 N–H and O–H groups in total. The van der Waals surface area contributed by atoms with Crippen LogP contribution in [0.1, 0.15) is 64.4 Å². The van der Waals surface area contributed by atoms with E-state index in [9.17, 15) is 13.2 Å². The molecule has 1 saturated carbocycles. The lowest BCUT2D eigenvalue weighted by atomic mass is 9.76. The minimum Gasteiger partial charge on any atom is -0.454 e. The first-order valence-electron chi connectivity index (χ1n) is 11.9. The van der Waals surface area contributed by atoms with Gasteiger partial charge in [0.25, 0.3) is 0 Å². The molecule has 3 aromatic carbocycles. The van der Waals surface area contributed by atoms with Crippen molar-refractivity contribution in [3.8, 4) is 28.4 Å². The van der Waals surface area contributed by atoms with Crippen LogP contribution in [0.2, 0.25) is 0 Å². The fourth-order valence-corrected chi connectivity index (χ4v) is 4.90. The molecule has 1 fully saturated rings. The van der Waals surface area contributed by atoms with E-state index in [4.69, 9.17) is 4.74 Å². The summed E-state index contributed by atoms with van der Waals surface area (Å²) in [6.07, 6.45) is 0.639. The number of ether oxygens (including phenoxy) is 2. The van der Waals surface area contributed by atoms with E-state index in [0.717, 1.165) is 37.8 Å². The molecule has 3 aromatic rings. The van der Waals surface area contributed by atoms with Gasteiger partial charge in [-0.25, -0.2) is 8.78 Å². The Labute approximate surface area is 209 Å². The third kappa shape index (κ3) is 6.56. The maximum absolute atomic E-state index is 16.0. The Balaban J connectivity index is 0.00000361. The minimum atomic E-state index is -4.82. The third-order valence-corrected chi connectivity index (χ3v) is 6.52. The zero-order valence-electron chi connectivity index (χ0n) is 19.4. The lowest BCUT2D eigenvalue weighted by Gasteiger charge is -2.29. The molecular weight excluding hydrogens is 475 g/mol. The highest BCUT2D eigenvalue weighted by Crippen LogP contribution is 2.45. The van der Waals surface area contributed by atoms with Crippen molar-refractivity contribution in [1.29, 1.82) is 0 Å². The van der Waals surface area contributed by atoms with E-state index in [1.54, 1.807) is 30.3 Å². The van der Waals surface area contributed by atoms with Crippen LogP contribution in [0, 0.1) is 17.6 Å². The van der Waals surface area contributed by atoms with Gasteiger partial charge in [0.1, 0.15) is 17.3 Å². The van der Waals surface area contributed by atoms with Gasteiger partial charge < -0.3 is 9.47 Å². The molecule has 0 aliphatic heterocycles. The lowest BCUT2D eigenvalue weighted by Crippen LogP contribution is -2.17. The summed E-state index contributed by atoms with van der Waals surface area (Å²) < 4.78 is 78.4. The Morgan fingerprint density at radius 3 is 2.06 bits per heavy atom. The fourth-order valence-electron chi connectivity index (χ4n) is 4.90. The molecule has 1 aliphatic rings. The maximum atomic E-state index is 16.0. The molecule has 0 amide bonds. The highest BCUT2D eigenvalue weighted by atomic mass is 19.4. The molecular formula is C29H31F5O2. The predicted molar refractivity (Wildman–Crippen MR) is 131 cm³/mol. The van der Waals surface area contributed by atoms with E-state index in [2.05, 4.69) is 11.7 Å². The standard InChI is InChI=1S/C28H27F5O2.CH4/c1-2-6-18-9-11-20(12-10-18)25-24(29)17-23(19-7-4-3-5-8-19)27(26(25)30)34-21-13-15-22(16-14-21)35-28(31,32)33;/h3-5,7-8,13-18,20H,2,6,9-12H2,1H3;1H4/t18-,20-;.